The first-order valence-corrected chi connectivity index (χ1v) is 10.7. The Morgan fingerprint density at radius 1 is 1.31 bits per heavy atom. The van der Waals surface area contributed by atoms with E-state index in [-0.39, 0.29) is 18.0 Å². The van der Waals surface area contributed by atoms with Gasteiger partial charge in [-0.25, -0.2) is 4.98 Å². The van der Waals surface area contributed by atoms with Crippen LogP contribution in [0.3, 0.4) is 0 Å². The van der Waals surface area contributed by atoms with E-state index < -0.39 is 0 Å². The van der Waals surface area contributed by atoms with Crippen LogP contribution in [0.4, 0.5) is 5.69 Å². The van der Waals surface area contributed by atoms with E-state index in [1.165, 1.54) is 34.2 Å². The van der Waals surface area contributed by atoms with Gasteiger partial charge in [-0.15, -0.1) is 22.7 Å². The van der Waals surface area contributed by atoms with Crippen LogP contribution in [0.2, 0.25) is 5.02 Å². The molecular formula is C20H16ClN3O3S2. The van der Waals surface area contributed by atoms with Gasteiger partial charge in [0, 0.05) is 25.7 Å². The number of ether oxygens (including phenoxy) is 1. The molecule has 0 aliphatic rings. The highest BCUT2D eigenvalue weighted by molar-refractivity contribution is 7.19. The predicted octanol–water partition coefficient (Wildman–Crippen LogP) is 4.80. The van der Waals surface area contributed by atoms with Crippen LogP contribution in [0.5, 0.6) is 5.75 Å². The summed E-state index contributed by atoms with van der Waals surface area (Å²) >= 11 is 9.04. The second kappa shape index (κ2) is 7.98. The van der Waals surface area contributed by atoms with E-state index in [1.807, 2.05) is 24.4 Å². The number of carbonyl (C=O) groups is 1. The van der Waals surface area contributed by atoms with E-state index in [0.717, 1.165) is 10.4 Å². The first-order chi connectivity index (χ1) is 14.0. The molecule has 0 saturated carbocycles. The lowest BCUT2D eigenvalue weighted by atomic mass is 10.2. The Morgan fingerprint density at radius 2 is 2.14 bits per heavy atom. The number of nitrogens with one attached hydrogen (secondary N) is 1. The van der Waals surface area contributed by atoms with Crippen LogP contribution in [-0.4, -0.2) is 22.6 Å². The topological polar surface area (TPSA) is 73.2 Å². The zero-order chi connectivity index (χ0) is 20.5. The zero-order valence-corrected chi connectivity index (χ0v) is 18.0. The fraction of sp³-hybridized carbons (Fsp3) is 0.150. The maximum atomic E-state index is 13.1. The number of hydrogen-bond donors (Lipinski definition) is 1. The molecule has 0 aliphatic heterocycles. The number of anilines is 1. The molecule has 1 aromatic carbocycles. The first kappa shape index (κ1) is 19.6. The average Bonchev–Trinajstić information content (AvgIpc) is 3.30. The number of fused-ring (bicyclic) bond motifs is 1. The van der Waals surface area contributed by atoms with Crippen LogP contribution in [0, 0.1) is 6.92 Å². The van der Waals surface area contributed by atoms with Gasteiger partial charge in [0.25, 0.3) is 5.56 Å². The van der Waals surface area contributed by atoms with Crippen molar-refractivity contribution >= 4 is 56.1 Å². The van der Waals surface area contributed by atoms with Crippen LogP contribution >= 0.6 is 34.3 Å². The second-order valence-corrected chi connectivity index (χ2v) is 8.89. The number of halogens is 1. The molecule has 0 aliphatic carbocycles. The Morgan fingerprint density at radius 3 is 2.86 bits per heavy atom. The van der Waals surface area contributed by atoms with Crippen LogP contribution in [-0.2, 0) is 11.3 Å². The van der Waals surface area contributed by atoms with Crippen molar-refractivity contribution in [2.75, 3.05) is 12.4 Å². The van der Waals surface area contributed by atoms with Gasteiger partial charge in [-0.1, -0.05) is 11.6 Å². The molecule has 0 fully saturated rings. The summed E-state index contributed by atoms with van der Waals surface area (Å²) in [6.45, 7) is 1.85. The summed E-state index contributed by atoms with van der Waals surface area (Å²) in [4.78, 5) is 32.8. The van der Waals surface area contributed by atoms with Gasteiger partial charge in [-0.2, -0.15) is 0 Å². The third-order valence-electron chi connectivity index (χ3n) is 4.32. The Hall–Kier alpha value is -2.68. The van der Waals surface area contributed by atoms with Crippen molar-refractivity contribution in [3.8, 4) is 16.2 Å². The van der Waals surface area contributed by atoms with Gasteiger partial charge in [0.05, 0.1) is 24.5 Å². The molecule has 0 radical (unpaired) electrons. The number of carbonyl (C=O) groups excluding carboxylic acids is 1. The minimum atomic E-state index is -0.377. The molecule has 1 amide bonds. The summed E-state index contributed by atoms with van der Waals surface area (Å²) in [5.41, 5.74) is 1.05. The lowest BCUT2D eigenvalue weighted by Gasteiger charge is -2.11. The normalized spacial score (nSPS) is 11.0. The summed E-state index contributed by atoms with van der Waals surface area (Å²) in [6, 6.07) is 8.94. The van der Waals surface area contributed by atoms with Crippen molar-refractivity contribution in [3.05, 3.63) is 62.3 Å². The Balaban J connectivity index is 1.65. The van der Waals surface area contributed by atoms with Crippen molar-refractivity contribution < 1.29 is 9.53 Å². The molecule has 4 rings (SSSR count). The van der Waals surface area contributed by atoms with Crippen LogP contribution in [0.15, 0.2) is 46.8 Å². The highest BCUT2D eigenvalue weighted by atomic mass is 35.5. The van der Waals surface area contributed by atoms with Crippen LogP contribution in [0.1, 0.15) is 4.88 Å². The molecular weight excluding hydrogens is 430 g/mol. The number of thiophene rings is 2. The molecule has 29 heavy (non-hydrogen) atoms. The smallest absolute Gasteiger partial charge is 0.263 e. The maximum absolute atomic E-state index is 13.1. The van der Waals surface area contributed by atoms with Crippen molar-refractivity contribution in [1.82, 2.24) is 9.55 Å². The SMILES string of the molecule is COc1ccc(Cl)cc1NC(=O)Cn1cnc2scc(-c3ccc(C)s3)c2c1=O. The minimum Gasteiger partial charge on any atom is -0.495 e. The van der Waals surface area contributed by atoms with Crippen LogP contribution < -0.4 is 15.6 Å². The highest BCUT2D eigenvalue weighted by Crippen LogP contribution is 2.35. The second-order valence-electron chi connectivity index (χ2n) is 6.31. The molecule has 0 atom stereocenters. The molecule has 6 nitrogen and oxygen atoms in total. The summed E-state index contributed by atoms with van der Waals surface area (Å²) in [6.07, 6.45) is 1.40. The summed E-state index contributed by atoms with van der Waals surface area (Å²) in [7, 11) is 1.51. The van der Waals surface area contributed by atoms with Gasteiger partial charge in [0.2, 0.25) is 5.91 Å². The van der Waals surface area contributed by atoms with E-state index in [0.29, 0.717) is 26.7 Å². The largest absolute Gasteiger partial charge is 0.495 e. The van der Waals surface area contributed by atoms with Crippen LogP contribution in [0.25, 0.3) is 20.7 Å². The zero-order valence-electron chi connectivity index (χ0n) is 15.6. The number of aromatic nitrogens is 2. The quantitative estimate of drug-likeness (QED) is 0.479. The lowest BCUT2D eigenvalue weighted by molar-refractivity contribution is -0.116. The van der Waals surface area contributed by atoms with Crippen molar-refractivity contribution in [2.45, 2.75) is 13.5 Å². The molecule has 0 saturated heterocycles. The van der Waals surface area contributed by atoms with E-state index >= 15 is 0 Å². The van der Waals surface area contributed by atoms with Crippen molar-refractivity contribution in [1.29, 1.82) is 0 Å². The fourth-order valence-electron chi connectivity index (χ4n) is 2.96. The third-order valence-corrected chi connectivity index (χ3v) is 6.47. The number of hydrogen-bond acceptors (Lipinski definition) is 6. The van der Waals surface area contributed by atoms with E-state index in [9.17, 15) is 9.59 Å². The third kappa shape index (κ3) is 3.91. The molecule has 9 heteroatoms. The van der Waals surface area contributed by atoms with E-state index in [2.05, 4.69) is 10.3 Å². The van der Waals surface area contributed by atoms with Gasteiger partial charge in [0.15, 0.2) is 0 Å². The number of rotatable bonds is 5. The highest BCUT2D eigenvalue weighted by Gasteiger charge is 2.16. The molecule has 0 bridgehead atoms. The molecule has 3 heterocycles. The van der Waals surface area contributed by atoms with Gasteiger partial charge < -0.3 is 10.1 Å². The first-order valence-electron chi connectivity index (χ1n) is 8.63. The van der Waals surface area contributed by atoms with Crippen molar-refractivity contribution in [3.63, 3.8) is 0 Å². The molecule has 148 valence electrons. The molecule has 1 N–H and O–H groups in total. The monoisotopic (exact) mass is 445 g/mol. The van der Waals surface area contributed by atoms with E-state index in [4.69, 9.17) is 16.3 Å². The standard InChI is InChI=1S/C20H16ClN3O3S2/c1-11-3-6-16(29-11)13-9-28-19-18(13)20(26)24(10-22-19)8-17(25)23-14-7-12(21)4-5-15(14)27-2/h3-7,9-10H,8H2,1-2H3,(H,23,25). The lowest BCUT2D eigenvalue weighted by Crippen LogP contribution is -2.27. The Kier molecular flexibility index (Phi) is 5.40. The predicted molar refractivity (Wildman–Crippen MR) is 119 cm³/mol. The van der Waals surface area contributed by atoms with Gasteiger partial charge in [0.1, 0.15) is 17.1 Å². The number of benzene rings is 1. The van der Waals surface area contributed by atoms with Gasteiger partial charge >= 0.3 is 0 Å². The maximum Gasteiger partial charge on any atom is 0.263 e. The fourth-order valence-corrected chi connectivity index (χ4v) is 5.00. The number of methoxy groups -OCH3 is 1. The molecule has 0 spiro atoms. The number of amides is 1. The number of nitrogens with zero attached hydrogens (tertiary/aromatic N) is 2. The Bertz CT molecular complexity index is 1280. The van der Waals surface area contributed by atoms with Gasteiger partial charge in [-0.3, -0.25) is 14.2 Å². The Labute approximate surface area is 179 Å². The number of aryl methyl sites for hydroxylation is 1. The van der Waals surface area contributed by atoms with Crippen molar-refractivity contribution in [2.24, 2.45) is 0 Å². The average molecular weight is 446 g/mol. The molecule has 3 aromatic heterocycles. The molecule has 4 aromatic rings. The van der Waals surface area contributed by atoms with E-state index in [1.54, 1.807) is 29.5 Å². The summed E-state index contributed by atoms with van der Waals surface area (Å²) < 4.78 is 6.55. The summed E-state index contributed by atoms with van der Waals surface area (Å²) in [5.74, 6) is 0.106. The van der Waals surface area contributed by atoms with Gasteiger partial charge in [-0.05, 0) is 37.3 Å². The molecule has 0 unspecified atom stereocenters. The summed E-state index contributed by atoms with van der Waals surface area (Å²) in [5, 5.41) is 5.68. The minimum absolute atomic E-state index is 0.170.